The van der Waals surface area contributed by atoms with Crippen molar-refractivity contribution in [3.63, 3.8) is 0 Å². The van der Waals surface area contributed by atoms with E-state index in [-0.39, 0.29) is 26.4 Å². The number of rotatable bonds is 9. The van der Waals surface area contributed by atoms with E-state index in [9.17, 15) is 19.2 Å². The van der Waals surface area contributed by atoms with E-state index < -0.39 is 41.6 Å². The molecule has 0 amide bonds. The zero-order valence-electron chi connectivity index (χ0n) is 19.6. The number of hydrogen-bond acceptors (Lipinski definition) is 8. The Kier molecular flexibility index (Phi) is 8.09. The monoisotopic (exact) mass is 494 g/mol. The van der Waals surface area contributed by atoms with Crippen molar-refractivity contribution in [1.82, 2.24) is 9.13 Å². The summed E-state index contributed by atoms with van der Waals surface area (Å²) in [4.78, 5) is 49.6. The first kappa shape index (κ1) is 25.1. The van der Waals surface area contributed by atoms with Crippen molar-refractivity contribution in [2.24, 2.45) is 0 Å². The van der Waals surface area contributed by atoms with Crippen LogP contribution in [0.25, 0.3) is 0 Å². The highest BCUT2D eigenvalue weighted by atomic mass is 16.6. The average molecular weight is 495 g/mol. The number of benzene rings is 2. The molecule has 188 valence electrons. The van der Waals surface area contributed by atoms with E-state index in [2.05, 4.69) is 0 Å². The number of esters is 2. The largest absolute Gasteiger partial charge is 0.463 e. The van der Waals surface area contributed by atoms with E-state index in [1.165, 1.54) is 23.8 Å². The van der Waals surface area contributed by atoms with Crippen LogP contribution in [0.5, 0.6) is 0 Å². The molecule has 2 heterocycles. The zero-order valence-corrected chi connectivity index (χ0v) is 19.6. The standard InChI is InChI=1S/C26H26N2O8/c1-18(29)34-16-21-14-22(36-25(31)20-10-6-3-7-11-20)24(35-21)27-13-12-23(30)28(26(27)32)17-33-15-19-8-4-2-5-9-19/h2-13,21-22,24H,14-17H2,1H3/t21-,22-,24+/m0/s1. The molecule has 1 aromatic heterocycles. The van der Waals surface area contributed by atoms with Crippen LogP contribution < -0.4 is 11.2 Å². The van der Waals surface area contributed by atoms with Gasteiger partial charge in [-0.15, -0.1) is 0 Å². The van der Waals surface area contributed by atoms with Gasteiger partial charge in [-0.05, 0) is 17.7 Å². The van der Waals surface area contributed by atoms with Crippen LogP contribution in [0.2, 0.25) is 0 Å². The first-order chi connectivity index (χ1) is 17.4. The van der Waals surface area contributed by atoms with Gasteiger partial charge in [-0.3, -0.25) is 14.2 Å². The molecular weight excluding hydrogens is 468 g/mol. The van der Waals surface area contributed by atoms with E-state index in [0.717, 1.165) is 10.1 Å². The lowest BCUT2D eigenvalue weighted by atomic mass is 10.2. The minimum absolute atomic E-state index is 0.0696. The molecule has 0 spiro atoms. The molecule has 0 unspecified atom stereocenters. The van der Waals surface area contributed by atoms with Gasteiger partial charge in [0.05, 0.1) is 18.3 Å². The Morgan fingerprint density at radius 3 is 2.39 bits per heavy atom. The Hall–Kier alpha value is -4.02. The van der Waals surface area contributed by atoms with Crippen LogP contribution in [0, 0.1) is 0 Å². The fourth-order valence-electron chi connectivity index (χ4n) is 3.84. The molecule has 0 saturated carbocycles. The maximum atomic E-state index is 13.2. The van der Waals surface area contributed by atoms with Gasteiger partial charge in [0.25, 0.3) is 5.56 Å². The molecule has 1 aliphatic rings. The highest BCUT2D eigenvalue weighted by molar-refractivity contribution is 5.89. The van der Waals surface area contributed by atoms with Crippen LogP contribution in [-0.4, -0.2) is 39.9 Å². The Labute approximate surface area is 206 Å². The van der Waals surface area contributed by atoms with Gasteiger partial charge < -0.3 is 18.9 Å². The summed E-state index contributed by atoms with van der Waals surface area (Å²) in [5.74, 6) is -1.07. The molecule has 0 radical (unpaired) electrons. The SMILES string of the molecule is CC(=O)OC[C@@H]1C[C@H](OC(=O)c2ccccc2)[C@H](n2ccc(=O)n(COCc3ccccc3)c2=O)O1. The summed E-state index contributed by atoms with van der Waals surface area (Å²) < 4.78 is 24.4. The summed E-state index contributed by atoms with van der Waals surface area (Å²) in [5.41, 5.74) is -0.000455. The fraction of sp³-hybridized carbons (Fsp3) is 0.308. The molecule has 10 nitrogen and oxygen atoms in total. The van der Waals surface area contributed by atoms with Crippen LogP contribution >= 0.6 is 0 Å². The van der Waals surface area contributed by atoms with E-state index in [0.29, 0.717) is 5.56 Å². The number of nitrogens with zero attached hydrogens (tertiary/aromatic N) is 2. The molecular formula is C26H26N2O8. The first-order valence-electron chi connectivity index (χ1n) is 11.4. The summed E-state index contributed by atoms with van der Waals surface area (Å²) in [5, 5.41) is 0. The molecule has 0 N–H and O–H groups in total. The highest BCUT2D eigenvalue weighted by Crippen LogP contribution is 2.31. The first-order valence-corrected chi connectivity index (χ1v) is 11.4. The summed E-state index contributed by atoms with van der Waals surface area (Å²) in [6, 6.07) is 19.0. The van der Waals surface area contributed by atoms with E-state index >= 15 is 0 Å². The minimum Gasteiger partial charge on any atom is -0.463 e. The topological polar surface area (TPSA) is 115 Å². The Morgan fingerprint density at radius 1 is 1.00 bits per heavy atom. The van der Waals surface area contributed by atoms with Crippen molar-refractivity contribution in [2.75, 3.05) is 6.61 Å². The molecule has 4 rings (SSSR count). The lowest BCUT2D eigenvalue weighted by Gasteiger charge is -2.22. The van der Waals surface area contributed by atoms with E-state index in [1.807, 2.05) is 30.3 Å². The predicted molar refractivity (Wildman–Crippen MR) is 127 cm³/mol. The number of aromatic nitrogens is 2. The molecule has 2 aromatic carbocycles. The van der Waals surface area contributed by atoms with Gasteiger partial charge in [-0.1, -0.05) is 48.5 Å². The summed E-state index contributed by atoms with van der Waals surface area (Å²) in [6.45, 7) is 1.14. The minimum atomic E-state index is -1.04. The van der Waals surface area contributed by atoms with Gasteiger partial charge in [0, 0.05) is 25.6 Å². The van der Waals surface area contributed by atoms with Crippen LogP contribution in [0.3, 0.4) is 0 Å². The van der Waals surface area contributed by atoms with Crippen LogP contribution in [0.1, 0.15) is 35.5 Å². The molecule has 10 heteroatoms. The summed E-state index contributed by atoms with van der Waals surface area (Å²) in [6.07, 6.45) is -1.04. The lowest BCUT2D eigenvalue weighted by molar-refractivity contribution is -0.146. The quantitative estimate of drug-likeness (QED) is 0.416. The van der Waals surface area contributed by atoms with Crippen LogP contribution in [-0.2, 0) is 37.1 Å². The van der Waals surface area contributed by atoms with Crippen molar-refractivity contribution in [3.05, 3.63) is 105 Å². The second-order valence-corrected chi connectivity index (χ2v) is 8.23. The molecule has 1 saturated heterocycles. The Morgan fingerprint density at radius 2 is 1.69 bits per heavy atom. The predicted octanol–water partition coefficient (Wildman–Crippen LogP) is 2.26. The maximum absolute atomic E-state index is 13.2. The average Bonchev–Trinajstić information content (AvgIpc) is 3.28. The molecule has 3 aromatic rings. The lowest BCUT2D eigenvalue weighted by Crippen LogP contribution is -2.43. The third-order valence-electron chi connectivity index (χ3n) is 5.59. The number of carbonyl (C=O) groups excluding carboxylic acids is 2. The molecule has 0 bridgehead atoms. The van der Waals surface area contributed by atoms with E-state index in [4.69, 9.17) is 18.9 Å². The van der Waals surface area contributed by atoms with Crippen LogP contribution in [0.4, 0.5) is 0 Å². The van der Waals surface area contributed by atoms with Gasteiger partial charge in [0.15, 0.2) is 6.23 Å². The number of carbonyl (C=O) groups is 2. The van der Waals surface area contributed by atoms with Gasteiger partial charge in [-0.25, -0.2) is 14.2 Å². The zero-order chi connectivity index (χ0) is 25.5. The van der Waals surface area contributed by atoms with Crippen molar-refractivity contribution < 1.29 is 28.5 Å². The molecule has 1 fully saturated rings. The third kappa shape index (κ3) is 6.15. The number of hydrogen-bond donors (Lipinski definition) is 0. The van der Waals surface area contributed by atoms with Crippen molar-refractivity contribution in [1.29, 1.82) is 0 Å². The summed E-state index contributed by atoms with van der Waals surface area (Å²) in [7, 11) is 0. The fourth-order valence-corrected chi connectivity index (χ4v) is 3.84. The van der Waals surface area contributed by atoms with Gasteiger partial charge in [0.1, 0.15) is 19.4 Å². The highest BCUT2D eigenvalue weighted by Gasteiger charge is 2.40. The molecule has 36 heavy (non-hydrogen) atoms. The number of ether oxygens (including phenoxy) is 4. The van der Waals surface area contributed by atoms with Gasteiger partial charge in [-0.2, -0.15) is 0 Å². The van der Waals surface area contributed by atoms with Crippen LogP contribution in [0.15, 0.2) is 82.5 Å². The third-order valence-corrected chi connectivity index (χ3v) is 5.59. The summed E-state index contributed by atoms with van der Waals surface area (Å²) >= 11 is 0. The van der Waals surface area contributed by atoms with Crippen molar-refractivity contribution in [3.8, 4) is 0 Å². The van der Waals surface area contributed by atoms with Gasteiger partial charge in [0.2, 0.25) is 0 Å². The molecule has 1 aliphatic heterocycles. The smallest absolute Gasteiger partial charge is 0.338 e. The molecule has 3 atom stereocenters. The maximum Gasteiger partial charge on any atom is 0.338 e. The normalized spacial score (nSPS) is 19.1. The molecule has 0 aliphatic carbocycles. The van der Waals surface area contributed by atoms with Crippen molar-refractivity contribution in [2.45, 2.75) is 45.1 Å². The Balaban J connectivity index is 1.55. The Bertz CT molecular complexity index is 1300. The second-order valence-electron chi connectivity index (χ2n) is 8.23. The van der Waals surface area contributed by atoms with E-state index in [1.54, 1.807) is 30.3 Å². The van der Waals surface area contributed by atoms with Crippen molar-refractivity contribution >= 4 is 11.9 Å². The van der Waals surface area contributed by atoms with Gasteiger partial charge >= 0.3 is 17.6 Å². The second kappa shape index (κ2) is 11.6.